The molecule has 0 aliphatic rings. The van der Waals surface area contributed by atoms with Gasteiger partial charge in [0.1, 0.15) is 0 Å². The smallest absolute Gasteiger partial charge is 0.306 e. The van der Waals surface area contributed by atoms with Gasteiger partial charge in [0.15, 0.2) is 0 Å². The Morgan fingerprint density at radius 1 is 1.58 bits per heavy atom. The van der Waals surface area contributed by atoms with Crippen LogP contribution in [-0.4, -0.2) is 4.92 Å². The van der Waals surface area contributed by atoms with Gasteiger partial charge in [0.25, 0.3) is 0 Å². The number of rotatable bonds is 1. The maximum Gasteiger partial charge on any atom is 0.306 e. The van der Waals surface area contributed by atoms with Crippen molar-refractivity contribution < 1.29 is 9.31 Å². The van der Waals surface area contributed by atoms with Crippen molar-refractivity contribution in [2.24, 2.45) is 0 Å². The monoisotopic (exact) mass is 188 g/mol. The van der Waals surface area contributed by atoms with Crippen LogP contribution in [0.15, 0.2) is 17.0 Å². The molecule has 1 aromatic carbocycles. The van der Waals surface area contributed by atoms with Crippen molar-refractivity contribution >= 4 is 24.0 Å². The number of benzene rings is 1. The van der Waals surface area contributed by atoms with Gasteiger partial charge in [-0.15, -0.1) is 12.6 Å². The maximum absolute atomic E-state index is 12.7. The zero-order valence-electron chi connectivity index (χ0n) is 5.82. The molecule has 0 unspecified atom stereocenters. The molecule has 0 amide bonds. The van der Waals surface area contributed by atoms with Crippen molar-refractivity contribution in [3.63, 3.8) is 0 Å². The van der Waals surface area contributed by atoms with E-state index in [-0.39, 0.29) is 10.6 Å². The fourth-order valence-corrected chi connectivity index (χ4v) is 0.885. The van der Waals surface area contributed by atoms with Crippen molar-refractivity contribution in [2.45, 2.75) is 4.90 Å². The van der Waals surface area contributed by atoms with Gasteiger partial charge in [0.05, 0.1) is 10.6 Å². The molecule has 0 aliphatic heterocycles. The second-order valence-corrected chi connectivity index (χ2v) is 2.60. The first-order valence-corrected chi connectivity index (χ1v) is 3.39. The Labute approximate surface area is 72.7 Å². The van der Waals surface area contributed by atoms with Crippen molar-refractivity contribution in [3.8, 4) is 0 Å². The Balaban J connectivity index is 3.33. The summed E-state index contributed by atoms with van der Waals surface area (Å²) in [6.45, 7) is 0. The van der Waals surface area contributed by atoms with Gasteiger partial charge in [-0.1, -0.05) is 0 Å². The molecular formula is C6H5FN2O2S. The Hall–Kier alpha value is -1.30. The molecule has 4 nitrogen and oxygen atoms in total. The first kappa shape index (κ1) is 8.79. The van der Waals surface area contributed by atoms with Crippen LogP contribution in [0.2, 0.25) is 0 Å². The van der Waals surface area contributed by atoms with Crippen LogP contribution in [0.1, 0.15) is 0 Å². The van der Waals surface area contributed by atoms with Gasteiger partial charge >= 0.3 is 5.69 Å². The highest BCUT2D eigenvalue weighted by molar-refractivity contribution is 7.80. The minimum atomic E-state index is -0.931. The molecule has 12 heavy (non-hydrogen) atoms. The van der Waals surface area contributed by atoms with E-state index in [0.29, 0.717) is 0 Å². The lowest BCUT2D eigenvalue weighted by Gasteiger charge is -1.98. The second-order valence-electron chi connectivity index (χ2n) is 2.12. The zero-order valence-corrected chi connectivity index (χ0v) is 6.72. The third-order valence-corrected chi connectivity index (χ3v) is 1.68. The number of halogens is 1. The van der Waals surface area contributed by atoms with E-state index in [1.54, 1.807) is 0 Å². The van der Waals surface area contributed by atoms with E-state index in [2.05, 4.69) is 12.6 Å². The molecule has 0 radical (unpaired) electrons. The Morgan fingerprint density at radius 3 is 2.67 bits per heavy atom. The molecule has 0 spiro atoms. The molecule has 0 aromatic heterocycles. The van der Waals surface area contributed by atoms with Crippen LogP contribution >= 0.6 is 12.6 Å². The molecule has 2 N–H and O–H groups in total. The highest BCUT2D eigenvalue weighted by atomic mass is 32.1. The van der Waals surface area contributed by atoms with Crippen LogP contribution in [0.3, 0.4) is 0 Å². The van der Waals surface area contributed by atoms with Gasteiger partial charge in [-0.05, 0) is 6.07 Å². The number of nitrogens with two attached hydrogens (primary N) is 1. The van der Waals surface area contributed by atoms with E-state index in [1.807, 2.05) is 0 Å². The number of nitrogens with zero attached hydrogens (tertiary/aromatic N) is 1. The molecule has 0 fully saturated rings. The highest BCUT2D eigenvalue weighted by Crippen LogP contribution is 2.25. The normalized spacial score (nSPS) is 9.83. The van der Waals surface area contributed by atoms with E-state index in [0.717, 1.165) is 12.1 Å². The average molecular weight is 188 g/mol. The van der Waals surface area contributed by atoms with Gasteiger partial charge in [-0.3, -0.25) is 10.1 Å². The minimum absolute atomic E-state index is 0.0893. The van der Waals surface area contributed by atoms with Crippen LogP contribution in [-0.2, 0) is 0 Å². The van der Waals surface area contributed by atoms with Crippen molar-refractivity contribution in [1.29, 1.82) is 0 Å². The lowest BCUT2D eigenvalue weighted by Crippen LogP contribution is -1.95. The van der Waals surface area contributed by atoms with Gasteiger partial charge in [-0.2, -0.15) is 4.39 Å². The molecule has 1 aromatic rings. The number of thiol groups is 1. The number of nitrogen functional groups attached to an aromatic ring is 1. The standard InChI is InChI=1S/C6H5FN2O2S/c7-3-1-6(12)4(8)2-5(3)9(10)11/h1-2,12H,8H2. The SMILES string of the molecule is Nc1cc([N+](=O)[O-])c(F)cc1S. The molecule has 0 aliphatic carbocycles. The third-order valence-electron chi connectivity index (χ3n) is 1.29. The Morgan fingerprint density at radius 2 is 2.17 bits per heavy atom. The fourth-order valence-electron chi connectivity index (χ4n) is 0.707. The van der Waals surface area contributed by atoms with E-state index in [4.69, 9.17) is 5.73 Å². The summed E-state index contributed by atoms with van der Waals surface area (Å²) >= 11 is 3.80. The number of nitro benzene ring substituents is 1. The van der Waals surface area contributed by atoms with Crippen LogP contribution in [0.25, 0.3) is 0 Å². The molecule has 0 heterocycles. The van der Waals surface area contributed by atoms with Crippen LogP contribution in [0.4, 0.5) is 15.8 Å². The first-order valence-electron chi connectivity index (χ1n) is 2.94. The van der Waals surface area contributed by atoms with Crippen LogP contribution < -0.4 is 5.73 Å². The third kappa shape index (κ3) is 1.48. The van der Waals surface area contributed by atoms with Crippen molar-refractivity contribution in [1.82, 2.24) is 0 Å². The summed E-state index contributed by atoms with van der Waals surface area (Å²) in [4.78, 5) is 9.53. The molecule has 64 valence electrons. The number of hydrogen-bond acceptors (Lipinski definition) is 4. The summed E-state index contributed by atoms with van der Waals surface area (Å²) in [7, 11) is 0. The molecular weight excluding hydrogens is 183 g/mol. The predicted octanol–water partition coefficient (Wildman–Crippen LogP) is 1.60. The maximum atomic E-state index is 12.7. The first-order chi connectivity index (χ1) is 5.52. The highest BCUT2D eigenvalue weighted by Gasteiger charge is 2.15. The molecule has 0 saturated heterocycles. The van der Waals surface area contributed by atoms with Crippen molar-refractivity contribution in [3.05, 3.63) is 28.1 Å². The van der Waals surface area contributed by atoms with Crippen LogP contribution in [0.5, 0.6) is 0 Å². The summed E-state index contributed by atoms with van der Waals surface area (Å²) in [5.74, 6) is -0.931. The fraction of sp³-hybridized carbons (Fsp3) is 0. The van der Waals surface area contributed by atoms with Gasteiger partial charge < -0.3 is 5.73 Å². The average Bonchev–Trinajstić information content (AvgIpc) is 1.96. The van der Waals surface area contributed by atoms with Gasteiger partial charge in [0.2, 0.25) is 5.82 Å². The lowest BCUT2D eigenvalue weighted by molar-refractivity contribution is -0.387. The van der Waals surface area contributed by atoms with Gasteiger partial charge in [0, 0.05) is 11.0 Å². The van der Waals surface area contributed by atoms with Gasteiger partial charge in [-0.25, -0.2) is 0 Å². The topological polar surface area (TPSA) is 69.2 Å². The molecule has 1 rings (SSSR count). The molecule has 0 bridgehead atoms. The van der Waals surface area contributed by atoms with E-state index in [9.17, 15) is 14.5 Å². The number of anilines is 1. The largest absolute Gasteiger partial charge is 0.398 e. The Bertz CT molecular complexity index is 343. The zero-order chi connectivity index (χ0) is 9.30. The molecule has 0 saturated carbocycles. The number of hydrogen-bond donors (Lipinski definition) is 2. The van der Waals surface area contributed by atoms with Crippen molar-refractivity contribution in [2.75, 3.05) is 5.73 Å². The van der Waals surface area contributed by atoms with E-state index < -0.39 is 16.4 Å². The quantitative estimate of drug-likeness (QED) is 0.304. The predicted molar refractivity (Wildman–Crippen MR) is 44.7 cm³/mol. The molecule has 0 atom stereocenters. The molecule has 6 heteroatoms. The van der Waals surface area contributed by atoms with E-state index >= 15 is 0 Å². The summed E-state index contributed by atoms with van der Waals surface area (Å²) in [6.07, 6.45) is 0. The summed E-state index contributed by atoms with van der Waals surface area (Å²) < 4.78 is 12.7. The minimum Gasteiger partial charge on any atom is -0.398 e. The summed E-state index contributed by atoms with van der Waals surface area (Å²) in [5.41, 5.74) is 4.74. The summed E-state index contributed by atoms with van der Waals surface area (Å²) in [5, 5.41) is 10.2. The number of nitro groups is 1. The van der Waals surface area contributed by atoms with E-state index in [1.165, 1.54) is 0 Å². The van der Waals surface area contributed by atoms with Crippen LogP contribution in [0, 0.1) is 15.9 Å². The lowest BCUT2D eigenvalue weighted by atomic mass is 10.3. The second kappa shape index (κ2) is 2.98. The Kier molecular flexibility index (Phi) is 2.18. The summed E-state index contributed by atoms with van der Waals surface area (Å²) in [6, 6.07) is 1.86.